The predicted molar refractivity (Wildman–Crippen MR) is 78.5 cm³/mol. The number of hydrogen-bond donors (Lipinski definition) is 3. The van der Waals surface area contributed by atoms with Crippen LogP contribution >= 0.6 is 0 Å². The molecule has 20 heavy (non-hydrogen) atoms. The highest BCUT2D eigenvalue weighted by Crippen LogP contribution is 2.16. The van der Waals surface area contributed by atoms with Crippen LogP contribution in [0.3, 0.4) is 0 Å². The molecule has 0 spiro atoms. The van der Waals surface area contributed by atoms with Crippen LogP contribution in [0.15, 0.2) is 24.3 Å². The highest BCUT2D eigenvalue weighted by Gasteiger charge is 2.11. The van der Waals surface area contributed by atoms with Gasteiger partial charge >= 0.3 is 0 Å². The first-order valence-corrected chi connectivity index (χ1v) is 6.50. The van der Waals surface area contributed by atoms with Crippen LogP contribution in [0.1, 0.15) is 19.8 Å². The van der Waals surface area contributed by atoms with Crippen molar-refractivity contribution in [2.75, 3.05) is 24.3 Å². The van der Waals surface area contributed by atoms with Gasteiger partial charge in [-0.05, 0) is 38.1 Å². The van der Waals surface area contributed by atoms with Crippen LogP contribution in [-0.4, -0.2) is 31.6 Å². The molecule has 1 unspecified atom stereocenters. The molecule has 0 aliphatic carbocycles. The van der Waals surface area contributed by atoms with Crippen molar-refractivity contribution in [1.82, 2.24) is 0 Å². The maximum atomic E-state index is 11.7. The van der Waals surface area contributed by atoms with Crippen molar-refractivity contribution >= 4 is 23.2 Å². The first-order chi connectivity index (χ1) is 9.56. The molecular weight excluding hydrogens is 258 g/mol. The summed E-state index contributed by atoms with van der Waals surface area (Å²) in [4.78, 5) is 23.3. The number of benzene rings is 1. The van der Waals surface area contributed by atoms with E-state index < -0.39 is 6.10 Å². The lowest BCUT2D eigenvalue weighted by molar-refractivity contribution is -0.124. The van der Waals surface area contributed by atoms with Gasteiger partial charge in [0, 0.05) is 24.9 Å². The second-order valence-electron chi connectivity index (χ2n) is 4.39. The van der Waals surface area contributed by atoms with Gasteiger partial charge in [-0.3, -0.25) is 9.59 Å². The van der Waals surface area contributed by atoms with E-state index in [2.05, 4.69) is 10.6 Å². The number of ether oxygens (including phenoxy) is 1. The van der Waals surface area contributed by atoms with Crippen molar-refractivity contribution < 1.29 is 14.3 Å². The number of nitrogens with two attached hydrogens (primary N) is 1. The number of amides is 2. The van der Waals surface area contributed by atoms with Crippen LogP contribution in [0.2, 0.25) is 0 Å². The average molecular weight is 279 g/mol. The lowest BCUT2D eigenvalue weighted by Gasteiger charge is -2.11. The van der Waals surface area contributed by atoms with Gasteiger partial charge in [0.15, 0.2) is 0 Å². The molecule has 0 aliphatic rings. The molecule has 1 rings (SSSR count). The third-order valence-corrected chi connectivity index (χ3v) is 2.74. The second-order valence-corrected chi connectivity index (χ2v) is 4.39. The Bertz CT molecular complexity index is 463. The molecule has 4 N–H and O–H groups in total. The lowest BCUT2D eigenvalue weighted by atomic mass is 10.2. The van der Waals surface area contributed by atoms with Gasteiger partial charge in [0.25, 0.3) is 5.91 Å². The molecule has 110 valence electrons. The van der Waals surface area contributed by atoms with E-state index in [-0.39, 0.29) is 11.8 Å². The first-order valence-electron chi connectivity index (χ1n) is 6.50. The molecule has 6 nitrogen and oxygen atoms in total. The summed E-state index contributed by atoms with van der Waals surface area (Å²) in [6.45, 7) is 2.15. The van der Waals surface area contributed by atoms with Crippen molar-refractivity contribution in [3.05, 3.63) is 24.3 Å². The SMILES string of the molecule is COC(C)C(=O)Nc1cccc(NC(=O)CCCN)c1. The summed E-state index contributed by atoms with van der Waals surface area (Å²) in [5.74, 6) is -0.330. The second kappa shape index (κ2) is 8.29. The van der Waals surface area contributed by atoms with Gasteiger partial charge < -0.3 is 21.1 Å². The van der Waals surface area contributed by atoms with E-state index in [1.807, 2.05) is 0 Å². The summed E-state index contributed by atoms with van der Waals surface area (Å²) < 4.78 is 4.93. The summed E-state index contributed by atoms with van der Waals surface area (Å²) in [5, 5.41) is 5.47. The summed E-state index contributed by atoms with van der Waals surface area (Å²) in [6, 6.07) is 6.96. The highest BCUT2D eigenvalue weighted by atomic mass is 16.5. The van der Waals surface area contributed by atoms with E-state index in [9.17, 15) is 9.59 Å². The summed E-state index contributed by atoms with van der Waals surface area (Å²) in [6.07, 6.45) is 0.499. The van der Waals surface area contributed by atoms with E-state index >= 15 is 0 Å². The third-order valence-electron chi connectivity index (χ3n) is 2.74. The van der Waals surface area contributed by atoms with Gasteiger partial charge in [0.1, 0.15) is 6.10 Å². The van der Waals surface area contributed by atoms with Gasteiger partial charge in [-0.1, -0.05) is 6.07 Å². The zero-order chi connectivity index (χ0) is 15.0. The zero-order valence-electron chi connectivity index (χ0n) is 11.8. The largest absolute Gasteiger partial charge is 0.372 e. The van der Waals surface area contributed by atoms with Crippen LogP contribution in [-0.2, 0) is 14.3 Å². The number of carbonyl (C=O) groups is 2. The van der Waals surface area contributed by atoms with Crippen molar-refractivity contribution in [2.45, 2.75) is 25.9 Å². The molecule has 0 saturated carbocycles. The topological polar surface area (TPSA) is 93.5 Å². The quantitative estimate of drug-likeness (QED) is 0.702. The van der Waals surface area contributed by atoms with Crippen molar-refractivity contribution in [2.24, 2.45) is 5.73 Å². The minimum Gasteiger partial charge on any atom is -0.372 e. The van der Waals surface area contributed by atoms with E-state index in [1.54, 1.807) is 31.2 Å². The molecule has 0 bridgehead atoms. The molecule has 1 aromatic carbocycles. The molecule has 1 aromatic rings. The van der Waals surface area contributed by atoms with Gasteiger partial charge in [0.2, 0.25) is 5.91 Å². The molecule has 2 amide bonds. The number of nitrogens with one attached hydrogen (secondary N) is 2. The molecule has 6 heteroatoms. The van der Waals surface area contributed by atoms with Crippen LogP contribution in [0.5, 0.6) is 0 Å². The maximum Gasteiger partial charge on any atom is 0.253 e. The lowest BCUT2D eigenvalue weighted by Crippen LogP contribution is -2.26. The number of methoxy groups -OCH3 is 1. The first kappa shape index (κ1) is 16.1. The fraction of sp³-hybridized carbons (Fsp3) is 0.429. The van der Waals surface area contributed by atoms with Gasteiger partial charge in [-0.15, -0.1) is 0 Å². The number of rotatable bonds is 7. The Labute approximate surface area is 118 Å². The Kier molecular flexibility index (Phi) is 6.69. The highest BCUT2D eigenvalue weighted by molar-refractivity contribution is 5.95. The minimum atomic E-state index is -0.530. The molecule has 0 fully saturated rings. The third kappa shape index (κ3) is 5.38. The van der Waals surface area contributed by atoms with E-state index in [0.29, 0.717) is 30.8 Å². The Balaban J connectivity index is 2.61. The van der Waals surface area contributed by atoms with E-state index in [4.69, 9.17) is 10.5 Å². The number of hydrogen-bond acceptors (Lipinski definition) is 4. The fourth-order valence-electron chi connectivity index (χ4n) is 1.51. The summed E-state index contributed by atoms with van der Waals surface area (Å²) in [7, 11) is 1.47. The molecule has 0 radical (unpaired) electrons. The Morgan fingerprint density at radius 1 is 1.30 bits per heavy atom. The van der Waals surface area contributed by atoms with Crippen LogP contribution < -0.4 is 16.4 Å². The normalized spacial score (nSPS) is 11.8. The average Bonchev–Trinajstić information content (AvgIpc) is 2.44. The predicted octanol–water partition coefficient (Wildman–Crippen LogP) is 1.34. The standard InChI is InChI=1S/C14H21N3O3/c1-10(20-2)14(19)17-12-6-3-5-11(9-12)16-13(18)7-4-8-15/h3,5-6,9-10H,4,7-8,15H2,1-2H3,(H,16,18)(H,17,19). The molecular formula is C14H21N3O3. The van der Waals surface area contributed by atoms with E-state index in [0.717, 1.165) is 0 Å². The summed E-state index contributed by atoms with van der Waals surface area (Å²) >= 11 is 0. The van der Waals surface area contributed by atoms with Crippen LogP contribution in [0.25, 0.3) is 0 Å². The number of carbonyl (C=O) groups excluding carboxylic acids is 2. The Hall–Kier alpha value is -1.92. The van der Waals surface area contributed by atoms with Gasteiger partial charge in [0.05, 0.1) is 0 Å². The smallest absolute Gasteiger partial charge is 0.253 e. The molecule has 1 atom stereocenters. The Morgan fingerprint density at radius 3 is 2.55 bits per heavy atom. The molecule has 0 aromatic heterocycles. The molecule has 0 aliphatic heterocycles. The fourth-order valence-corrected chi connectivity index (χ4v) is 1.51. The molecule has 0 heterocycles. The van der Waals surface area contributed by atoms with Gasteiger partial charge in [-0.25, -0.2) is 0 Å². The minimum absolute atomic E-state index is 0.0933. The number of anilines is 2. The Morgan fingerprint density at radius 2 is 1.95 bits per heavy atom. The summed E-state index contributed by atoms with van der Waals surface area (Å²) in [5.41, 5.74) is 6.59. The van der Waals surface area contributed by atoms with Crippen LogP contribution in [0, 0.1) is 0 Å². The van der Waals surface area contributed by atoms with E-state index in [1.165, 1.54) is 7.11 Å². The van der Waals surface area contributed by atoms with Crippen LogP contribution in [0.4, 0.5) is 11.4 Å². The monoisotopic (exact) mass is 279 g/mol. The van der Waals surface area contributed by atoms with Gasteiger partial charge in [-0.2, -0.15) is 0 Å². The maximum absolute atomic E-state index is 11.7. The van der Waals surface area contributed by atoms with Crippen molar-refractivity contribution in [3.8, 4) is 0 Å². The zero-order valence-corrected chi connectivity index (χ0v) is 11.8. The van der Waals surface area contributed by atoms with Crippen molar-refractivity contribution in [1.29, 1.82) is 0 Å². The van der Waals surface area contributed by atoms with Crippen molar-refractivity contribution in [3.63, 3.8) is 0 Å². The molecule has 0 saturated heterocycles.